The molecule has 0 aliphatic heterocycles. The topological polar surface area (TPSA) is 43.1 Å². The van der Waals surface area contributed by atoms with Crippen molar-refractivity contribution in [3.8, 4) is 0 Å². The molecule has 16 heavy (non-hydrogen) atoms. The molecule has 0 bridgehead atoms. The zero-order valence-corrected chi connectivity index (χ0v) is 9.78. The average Bonchev–Trinajstić information content (AvgIpc) is 2.30. The fraction of sp³-hybridized carbons (Fsp3) is 0.500. The molecule has 0 aromatic heterocycles. The standard InChI is InChI=1S/C14H19NO/c1-10-6-8-11(9-7-10)14(15)12-4-2-3-5-13(12)16/h6-9,12,14H,2-5,15H2,1H3/t12-,14+/m0/s1. The van der Waals surface area contributed by atoms with E-state index in [1.165, 1.54) is 5.56 Å². The minimum atomic E-state index is -0.117. The molecule has 2 N–H and O–H groups in total. The van der Waals surface area contributed by atoms with Gasteiger partial charge >= 0.3 is 0 Å². The van der Waals surface area contributed by atoms with E-state index in [-0.39, 0.29) is 12.0 Å². The summed E-state index contributed by atoms with van der Waals surface area (Å²) in [6, 6.07) is 8.09. The minimum absolute atomic E-state index is 0.0384. The Morgan fingerprint density at radius 1 is 1.25 bits per heavy atom. The monoisotopic (exact) mass is 217 g/mol. The molecule has 1 fully saturated rings. The fourth-order valence-electron chi connectivity index (χ4n) is 2.41. The third-order valence-electron chi connectivity index (χ3n) is 3.50. The molecule has 0 unspecified atom stereocenters. The Morgan fingerprint density at radius 3 is 2.56 bits per heavy atom. The summed E-state index contributed by atoms with van der Waals surface area (Å²) in [5.41, 5.74) is 8.51. The molecule has 86 valence electrons. The number of ketones is 1. The zero-order valence-electron chi connectivity index (χ0n) is 9.78. The Balaban J connectivity index is 2.14. The van der Waals surface area contributed by atoms with Crippen LogP contribution in [-0.4, -0.2) is 5.78 Å². The summed E-state index contributed by atoms with van der Waals surface area (Å²) in [5.74, 6) is 0.385. The summed E-state index contributed by atoms with van der Waals surface area (Å²) in [5, 5.41) is 0. The van der Waals surface area contributed by atoms with E-state index < -0.39 is 0 Å². The fourth-order valence-corrected chi connectivity index (χ4v) is 2.41. The van der Waals surface area contributed by atoms with Crippen LogP contribution < -0.4 is 5.73 Å². The number of hydrogen-bond acceptors (Lipinski definition) is 2. The first kappa shape index (κ1) is 11.3. The summed E-state index contributed by atoms with van der Waals surface area (Å²) in [6.07, 6.45) is 3.84. The van der Waals surface area contributed by atoms with Crippen LogP contribution in [0.4, 0.5) is 0 Å². The number of benzene rings is 1. The molecular formula is C14H19NO. The van der Waals surface area contributed by atoms with Crippen molar-refractivity contribution in [1.82, 2.24) is 0 Å². The molecule has 1 aromatic rings. The third kappa shape index (κ3) is 2.33. The van der Waals surface area contributed by atoms with Gasteiger partial charge in [0.2, 0.25) is 0 Å². The number of carbonyl (C=O) groups is 1. The lowest BCUT2D eigenvalue weighted by atomic mass is 9.80. The minimum Gasteiger partial charge on any atom is -0.323 e. The first-order chi connectivity index (χ1) is 7.68. The molecule has 2 heteroatoms. The van der Waals surface area contributed by atoms with E-state index in [0.29, 0.717) is 12.2 Å². The van der Waals surface area contributed by atoms with Gasteiger partial charge in [0.15, 0.2) is 0 Å². The molecule has 1 aromatic carbocycles. The van der Waals surface area contributed by atoms with Crippen molar-refractivity contribution in [2.45, 2.75) is 38.6 Å². The summed E-state index contributed by atoms with van der Waals surface area (Å²) in [4.78, 5) is 11.8. The quantitative estimate of drug-likeness (QED) is 0.827. The molecular weight excluding hydrogens is 198 g/mol. The highest BCUT2D eigenvalue weighted by atomic mass is 16.1. The summed E-state index contributed by atoms with van der Waals surface area (Å²) in [6.45, 7) is 2.06. The van der Waals surface area contributed by atoms with Crippen molar-refractivity contribution in [3.05, 3.63) is 35.4 Å². The van der Waals surface area contributed by atoms with Gasteiger partial charge in [-0.25, -0.2) is 0 Å². The van der Waals surface area contributed by atoms with Crippen LogP contribution in [0, 0.1) is 12.8 Å². The molecule has 0 heterocycles. The van der Waals surface area contributed by atoms with E-state index in [2.05, 4.69) is 19.1 Å². The summed E-state index contributed by atoms with van der Waals surface area (Å²) < 4.78 is 0. The Kier molecular flexibility index (Phi) is 3.39. The first-order valence-electron chi connectivity index (χ1n) is 6.03. The van der Waals surface area contributed by atoms with E-state index in [1.807, 2.05) is 12.1 Å². The Morgan fingerprint density at radius 2 is 1.94 bits per heavy atom. The molecule has 0 spiro atoms. The van der Waals surface area contributed by atoms with Crippen LogP contribution in [0.3, 0.4) is 0 Å². The second kappa shape index (κ2) is 4.79. The van der Waals surface area contributed by atoms with Crippen LogP contribution in [-0.2, 0) is 4.79 Å². The van der Waals surface area contributed by atoms with Crippen molar-refractivity contribution >= 4 is 5.78 Å². The van der Waals surface area contributed by atoms with Crippen molar-refractivity contribution in [1.29, 1.82) is 0 Å². The van der Waals surface area contributed by atoms with Crippen LogP contribution in [0.2, 0.25) is 0 Å². The van der Waals surface area contributed by atoms with Gasteiger partial charge in [0.05, 0.1) is 0 Å². The largest absolute Gasteiger partial charge is 0.323 e. The van der Waals surface area contributed by atoms with Gasteiger partial charge in [0.25, 0.3) is 0 Å². The normalized spacial score (nSPS) is 23.1. The number of aryl methyl sites for hydroxylation is 1. The van der Waals surface area contributed by atoms with E-state index >= 15 is 0 Å². The van der Waals surface area contributed by atoms with E-state index in [9.17, 15) is 4.79 Å². The molecule has 2 nitrogen and oxygen atoms in total. The first-order valence-corrected chi connectivity index (χ1v) is 6.03. The van der Waals surface area contributed by atoms with Gasteiger partial charge in [-0.1, -0.05) is 36.2 Å². The van der Waals surface area contributed by atoms with E-state index in [0.717, 1.165) is 24.8 Å². The summed E-state index contributed by atoms with van der Waals surface area (Å²) >= 11 is 0. The molecule has 1 aliphatic rings. The smallest absolute Gasteiger partial charge is 0.137 e. The van der Waals surface area contributed by atoms with Crippen LogP contribution in [0.25, 0.3) is 0 Å². The van der Waals surface area contributed by atoms with Crippen molar-refractivity contribution in [2.24, 2.45) is 11.7 Å². The highest BCUT2D eigenvalue weighted by molar-refractivity contribution is 5.82. The molecule has 2 atom stereocenters. The van der Waals surface area contributed by atoms with Gasteiger partial charge in [0.1, 0.15) is 5.78 Å². The lowest BCUT2D eigenvalue weighted by Gasteiger charge is -2.26. The van der Waals surface area contributed by atoms with Gasteiger partial charge in [-0.05, 0) is 25.3 Å². The van der Waals surface area contributed by atoms with Crippen LogP contribution in [0.5, 0.6) is 0 Å². The van der Waals surface area contributed by atoms with Gasteiger partial charge < -0.3 is 5.73 Å². The molecule has 0 amide bonds. The van der Waals surface area contributed by atoms with Gasteiger partial charge in [-0.3, -0.25) is 4.79 Å². The zero-order chi connectivity index (χ0) is 11.5. The average molecular weight is 217 g/mol. The Bertz CT molecular complexity index is 369. The number of hydrogen-bond donors (Lipinski definition) is 1. The number of rotatable bonds is 2. The van der Waals surface area contributed by atoms with Crippen LogP contribution >= 0.6 is 0 Å². The van der Waals surface area contributed by atoms with Crippen LogP contribution in [0.15, 0.2) is 24.3 Å². The maximum absolute atomic E-state index is 11.8. The number of Topliss-reactive ketones (excluding diaryl/α,β-unsaturated/α-hetero) is 1. The second-order valence-corrected chi connectivity index (χ2v) is 4.76. The third-order valence-corrected chi connectivity index (χ3v) is 3.50. The maximum Gasteiger partial charge on any atom is 0.137 e. The van der Waals surface area contributed by atoms with Crippen LogP contribution in [0.1, 0.15) is 42.9 Å². The molecule has 1 saturated carbocycles. The molecule has 0 radical (unpaired) electrons. The lowest BCUT2D eigenvalue weighted by Crippen LogP contribution is -2.30. The van der Waals surface area contributed by atoms with Gasteiger partial charge in [0, 0.05) is 18.4 Å². The molecule has 2 rings (SSSR count). The van der Waals surface area contributed by atoms with Gasteiger partial charge in [-0.2, -0.15) is 0 Å². The van der Waals surface area contributed by atoms with E-state index in [4.69, 9.17) is 5.73 Å². The maximum atomic E-state index is 11.8. The SMILES string of the molecule is Cc1ccc([C@@H](N)[C@H]2CCCCC2=O)cc1. The highest BCUT2D eigenvalue weighted by Gasteiger charge is 2.28. The van der Waals surface area contributed by atoms with Crippen molar-refractivity contribution in [3.63, 3.8) is 0 Å². The highest BCUT2D eigenvalue weighted by Crippen LogP contribution is 2.30. The molecule has 0 saturated heterocycles. The number of nitrogens with two attached hydrogens (primary N) is 1. The van der Waals surface area contributed by atoms with Crippen molar-refractivity contribution < 1.29 is 4.79 Å². The Hall–Kier alpha value is -1.15. The Labute approximate surface area is 96.8 Å². The summed E-state index contributed by atoms with van der Waals surface area (Å²) in [7, 11) is 0. The van der Waals surface area contributed by atoms with Crippen molar-refractivity contribution in [2.75, 3.05) is 0 Å². The lowest BCUT2D eigenvalue weighted by molar-refractivity contribution is -0.125. The number of carbonyl (C=O) groups excluding carboxylic acids is 1. The van der Waals surface area contributed by atoms with E-state index in [1.54, 1.807) is 0 Å². The second-order valence-electron chi connectivity index (χ2n) is 4.76. The van der Waals surface area contributed by atoms with Gasteiger partial charge in [-0.15, -0.1) is 0 Å². The predicted molar refractivity (Wildman–Crippen MR) is 65.1 cm³/mol. The molecule has 1 aliphatic carbocycles. The predicted octanol–water partition coefficient (Wildman–Crippen LogP) is 2.75.